The number of anilines is 1. The normalized spacial score (nSPS) is 9.91. The van der Waals surface area contributed by atoms with Gasteiger partial charge in [-0.25, -0.2) is 0 Å². The molecule has 0 aliphatic rings. The minimum absolute atomic E-state index is 0.00504. The maximum Gasteiger partial charge on any atom is 0.318 e. The highest BCUT2D eigenvalue weighted by atomic mass is 35.5. The molecule has 0 aliphatic heterocycles. The van der Waals surface area contributed by atoms with Crippen LogP contribution in [-0.2, 0) is 14.4 Å². The molecule has 1 aromatic rings. The molecule has 0 heterocycles. The average molecular weight is 329 g/mol. The predicted octanol–water partition coefficient (Wildman–Crippen LogP) is 0.520. The van der Waals surface area contributed by atoms with E-state index in [0.717, 1.165) is 12.1 Å². The number of nitrogens with zero attached hydrogens (tertiary/aromatic N) is 2. The molecule has 0 aliphatic carbocycles. The number of hydrogen-bond acceptors (Lipinski definition) is 6. The second-order valence-electron chi connectivity index (χ2n) is 4.12. The standard InChI is InChI=1S/C12H13ClN4O5/c13-9-3-2-8(17(21)22)6-10(9)15-11(19)12(20)16(7-18)5-1-4-14/h2-3,6-7H,1,4-5,14H2,(H,15,19). The molecule has 1 rings (SSSR count). The lowest BCUT2D eigenvalue weighted by Crippen LogP contribution is -2.40. The maximum atomic E-state index is 11.8. The van der Waals surface area contributed by atoms with E-state index < -0.39 is 16.7 Å². The molecule has 9 nitrogen and oxygen atoms in total. The van der Waals surface area contributed by atoms with E-state index in [-0.39, 0.29) is 35.9 Å². The van der Waals surface area contributed by atoms with Gasteiger partial charge in [-0.15, -0.1) is 0 Å². The van der Waals surface area contributed by atoms with Gasteiger partial charge in [0.25, 0.3) is 5.69 Å². The fourth-order valence-electron chi connectivity index (χ4n) is 1.49. The van der Waals surface area contributed by atoms with Gasteiger partial charge in [-0.1, -0.05) is 11.6 Å². The minimum Gasteiger partial charge on any atom is -0.330 e. The first-order chi connectivity index (χ1) is 10.4. The van der Waals surface area contributed by atoms with Crippen LogP contribution in [0.15, 0.2) is 18.2 Å². The first kappa shape index (κ1) is 17.5. The molecule has 0 saturated carbocycles. The van der Waals surface area contributed by atoms with Gasteiger partial charge in [-0.2, -0.15) is 0 Å². The molecule has 3 amide bonds. The highest BCUT2D eigenvalue weighted by Crippen LogP contribution is 2.26. The van der Waals surface area contributed by atoms with Crippen molar-refractivity contribution in [2.75, 3.05) is 18.4 Å². The Morgan fingerprint density at radius 2 is 2.14 bits per heavy atom. The number of nitrogens with two attached hydrogens (primary N) is 1. The number of nitro benzene ring substituents is 1. The third-order valence-corrected chi connectivity index (χ3v) is 2.92. The summed E-state index contributed by atoms with van der Waals surface area (Å²) in [5.74, 6) is -2.24. The molecule has 0 atom stereocenters. The summed E-state index contributed by atoms with van der Waals surface area (Å²) >= 11 is 5.80. The Bertz CT molecular complexity index is 607. The van der Waals surface area contributed by atoms with E-state index in [2.05, 4.69) is 5.32 Å². The molecule has 118 valence electrons. The number of benzene rings is 1. The highest BCUT2D eigenvalue weighted by Gasteiger charge is 2.22. The van der Waals surface area contributed by atoms with E-state index in [9.17, 15) is 24.5 Å². The molecule has 1 aromatic carbocycles. The van der Waals surface area contributed by atoms with Crippen LogP contribution in [0.5, 0.6) is 0 Å². The minimum atomic E-state index is -1.13. The van der Waals surface area contributed by atoms with Crippen LogP contribution in [0.2, 0.25) is 5.02 Å². The van der Waals surface area contributed by atoms with Crippen molar-refractivity contribution in [3.8, 4) is 0 Å². The van der Waals surface area contributed by atoms with Crippen molar-refractivity contribution < 1.29 is 19.3 Å². The average Bonchev–Trinajstić information content (AvgIpc) is 2.49. The zero-order valence-corrected chi connectivity index (χ0v) is 12.1. The van der Waals surface area contributed by atoms with E-state index >= 15 is 0 Å². The fourth-order valence-corrected chi connectivity index (χ4v) is 1.66. The predicted molar refractivity (Wildman–Crippen MR) is 78.2 cm³/mol. The molecule has 3 N–H and O–H groups in total. The molecule has 0 spiro atoms. The number of rotatable bonds is 6. The Morgan fingerprint density at radius 3 is 2.68 bits per heavy atom. The molecule has 10 heteroatoms. The van der Waals surface area contributed by atoms with E-state index in [1.807, 2.05) is 0 Å². The summed E-state index contributed by atoms with van der Waals surface area (Å²) in [6.07, 6.45) is 0.557. The summed E-state index contributed by atoms with van der Waals surface area (Å²) in [6, 6.07) is 3.38. The van der Waals surface area contributed by atoms with Crippen LogP contribution in [-0.4, -0.2) is 41.1 Å². The molecule has 0 saturated heterocycles. The summed E-state index contributed by atoms with van der Waals surface area (Å²) in [4.78, 5) is 45.0. The van der Waals surface area contributed by atoms with Crippen molar-refractivity contribution in [2.45, 2.75) is 6.42 Å². The molecule has 0 unspecified atom stereocenters. The number of carbonyl (C=O) groups is 3. The van der Waals surface area contributed by atoms with Crippen molar-refractivity contribution in [1.82, 2.24) is 4.90 Å². The Balaban J connectivity index is 2.87. The van der Waals surface area contributed by atoms with Crippen LogP contribution in [0.25, 0.3) is 0 Å². The zero-order chi connectivity index (χ0) is 16.7. The van der Waals surface area contributed by atoms with Crippen LogP contribution >= 0.6 is 11.6 Å². The van der Waals surface area contributed by atoms with Gasteiger partial charge in [0.1, 0.15) is 0 Å². The van der Waals surface area contributed by atoms with Gasteiger partial charge in [0.05, 0.1) is 15.6 Å². The lowest BCUT2D eigenvalue weighted by molar-refractivity contribution is -0.384. The van der Waals surface area contributed by atoms with Gasteiger partial charge < -0.3 is 11.1 Å². The summed E-state index contributed by atoms with van der Waals surface area (Å²) < 4.78 is 0. The number of hydrogen-bond donors (Lipinski definition) is 2. The number of non-ortho nitro benzene ring substituents is 1. The van der Waals surface area contributed by atoms with E-state index in [0.29, 0.717) is 11.3 Å². The largest absolute Gasteiger partial charge is 0.330 e. The van der Waals surface area contributed by atoms with Crippen LogP contribution in [0.1, 0.15) is 6.42 Å². The summed E-state index contributed by atoms with van der Waals surface area (Å²) in [6.45, 7) is 0.241. The zero-order valence-electron chi connectivity index (χ0n) is 11.3. The Morgan fingerprint density at radius 1 is 1.45 bits per heavy atom. The first-order valence-corrected chi connectivity index (χ1v) is 6.49. The van der Waals surface area contributed by atoms with E-state index in [1.54, 1.807) is 0 Å². The molecule has 0 bridgehead atoms. The lowest BCUT2D eigenvalue weighted by Gasteiger charge is -2.14. The quantitative estimate of drug-likeness (QED) is 0.338. The van der Waals surface area contributed by atoms with Crippen LogP contribution in [0, 0.1) is 10.1 Å². The van der Waals surface area contributed by atoms with Gasteiger partial charge in [0.2, 0.25) is 6.41 Å². The number of amides is 3. The van der Waals surface area contributed by atoms with Crippen LogP contribution < -0.4 is 11.1 Å². The molecule has 0 fully saturated rings. The number of halogens is 1. The summed E-state index contributed by atoms with van der Waals surface area (Å²) in [5.41, 5.74) is 4.86. The third kappa shape index (κ3) is 4.50. The number of imide groups is 1. The van der Waals surface area contributed by atoms with Gasteiger partial charge in [-0.3, -0.25) is 29.4 Å². The monoisotopic (exact) mass is 328 g/mol. The van der Waals surface area contributed by atoms with Gasteiger partial charge in [-0.05, 0) is 19.0 Å². The van der Waals surface area contributed by atoms with Crippen LogP contribution in [0.3, 0.4) is 0 Å². The molecular formula is C12H13ClN4O5. The van der Waals surface area contributed by atoms with Gasteiger partial charge in [0, 0.05) is 18.7 Å². The topological polar surface area (TPSA) is 136 Å². The third-order valence-electron chi connectivity index (χ3n) is 2.59. The lowest BCUT2D eigenvalue weighted by atomic mass is 10.2. The molecule has 0 aromatic heterocycles. The smallest absolute Gasteiger partial charge is 0.318 e. The second-order valence-corrected chi connectivity index (χ2v) is 4.53. The van der Waals surface area contributed by atoms with Crippen LogP contribution in [0.4, 0.5) is 11.4 Å². The van der Waals surface area contributed by atoms with Gasteiger partial charge >= 0.3 is 11.8 Å². The van der Waals surface area contributed by atoms with E-state index in [4.69, 9.17) is 17.3 Å². The first-order valence-electron chi connectivity index (χ1n) is 6.12. The SMILES string of the molecule is NCCCN(C=O)C(=O)C(=O)Nc1cc([N+](=O)[O-])ccc1Cl. The summed E-state index contributed by atoms with van der Waals surface area (Å²) in [7, 11) is 0. The Hall–Kier alpha value is -2.52. The molecule has 22 heavy (non-hydrogen) atoms. The van der Waals surface area contributed by atoms with Crippen molar-refractivity contribution in [1.29, 1.82) is 0 Å². The van der Waals surface area contributed by atoms with Crippen molar-refractivity contribution in [3.63, 3.8) is 0 Å². The Kier molecular flexibility index (Phi) is 6.42. The second kappa shape index (κ2) is 8.05. The van der Waals surface area contributed by atoms with Crippen molar-refractivity contribution >= 4 is 41.2 Å². The van der Waals surface area contributed by atoms with Crippen molar-refractivity contribution in [3.05, 3.63) is 33.3 Å². The van der Waals surface area contributed by atoms with Gasteiger partial charge in [0.15, 0.2) is 0 Å². The number of nitro groups is 1. The molecule has 0 radical (unpaired) electrons. The fraction of sp³-hybridized carbons (Fsp3) is 0.250. The highest BCUT2D eigenvalue weighted by molar-refractivity contribution is 6.42. The maximum absolute atomic E-state index is 11.8. The van der Waals surface area contributed by atoms with E-state index in [1.165, 1.54) is 6.07 Å². The number of nitrogens with one attached hydrogen (secondary N) is 1. The summed E-state index contributed by atoms with van der Waals surface area (Å²) in [5, 5.41) is 12.8. The number of carbonyl (C=O) groups excluding carboxylic acids is 3. The van der Waals surface area contributed by atoms with Crippen molar-refractivity contribution in [2.24, 2.45) is 5.73 Å². The Labute approximate surface area is 130 Å². The molecular weight excluding hydrogens is 316 g/mol.